The number of aryl methyl sites for hydroxylation is 1. The summed E-state index contributed by atoms with van der Waals surface area (Å²) in [5, 5.41) is 0. The first kappa shape index (κ1) is 25.4. The predicted octanol–water partition coefficient (Wildman–Crippen LogP) is 7.04. The molecule has 5 nitrogen and oxygen atoms in total. The van der Waals surface area contributed by atoms with Gasteiger partial charge in [-0.3, -0.25) is 0 Å². The van der Waals surface area contributed by atoms with Crippen LogP contribution in [0, 0.1) is 0 Å². The molecule has 0 saturated heterocycles. The Kier molecular flexibility index (Phi) is 10.1. The molecule has 3 aromatic rings. The highest BCUT2D eigenvalue weighted by atomic mass is 16.6. The van der Waals surface area contributed by atoms with E-state index in [0.29, 0.717) is 12.4 Å². The van der Waals surface area contributed by atoms with Crippen molar-refractivity contribution in [3.05, 3.63) is 66.5 Å². The van der Waals surface area contributed by atoms with Crippen LogP contribution >= 0.6 is 0 Å². The fraction of sp³-hybridized carbons (Fsp3) is 0.414. The van der Waals surface area contributed by atoms with Gasteiger partial charge in [0.05, 0.1) is 6.61 Å². The Bertz CT molecular complexity index is 999. The number of carbonyl (C=O) groups is 1. The lowest BCUT2D eigenvalue weighted by Gasteiger charge is -2.14. The molecule has 1 aromatic heterocycles. The van der Waals surface area contributed by atoms with Crippen LogP contribution in [0.25, 0.3) is 22.5 Å². The van der Waals surface area contributed by atoms with Gasteiger partial charge in [0.15, 0.2) is 11.9 Å². The van der Waals surface area contributed by atoms with Crippen LogP contribution in [0.3, 0.4) is 0 Å². The molecule has 5 heteroatoms. The van der Waals surface area contributed by atoms with E-state index in [0.717, 1.165) is 41.8 Å². The number of ether oxygens (including phenoxy) is 2. The molecular formula is C29H36N2O3. The second kappa shape index (κ2) is 13.5. The predicted molar refractivity (Wildman–Crippen MR) is 137 cm³/mol. The molecule has 0 aliphatic rings. The zero-order valence-electron chi connectivity index (χ0n) is 20.6. The van der Waals surface area contributed by atoms with Crippen molar-refractivity contribution in [2.24, 2.45) is 0 Å². The Morgan fingerprint density at radius 2 is 1.44 bits per heavy atom. The van der Waals surface area contributed by atoms with Gasteiger partial charge in [0.1, 0.15) is 5.75 Å². The standard InChI is InChI=1S/C29H36N2O3/c1-4-6-8-9-10-23-11-13-25(14-12-23)28-30-20-26(21-31-28)24-15-17-27(18-16-24)34-22(3)29(32)33-19-7-5-2/h11-18,20-22H,4-10,19H2,1-3H3. The molecule has 180 valence electrons. The smallest absolute Gasteiger partial charge is 0.347 e. The van der Waals surface area contributed by atoms with Crippen molar-refractivity contribution in [2.75, 3.05) is 6.61 Å². The Hall–Kier alpha value is -3.21. The number of carbonyl (C=O) groups excluding carboxylic acids is 1. The van der Waals surface area contributed by atoms with E-state index in [-0.39, 0.29) is 5.97 Å². The monoisotopic (exact) mass is 460 g/mol. The summed E-state index contributed by atoms with van der Waals surface area (Å²) in [5.74, 6) is 0.999. The van der Waals surface area contributed by atoms with E-state index in [9.17, 15) is 4.79 Å². The normalized spacial score (nSPS) is 11.7. The molecule has 1 atom stereocenters. The summed E-state index contributed by atoms with van der Waals surface area (Å²) in [6.45, 7) is 6.43. The van der Waals surface area contributed by atoms with Crippen molar-refractivity contribution in [1.82, 2.24) is 9.97 Å². The van der Waals surface area contributed by atoms with Gasteiger partial charge in [0.25, 0.3) is 0 Å². The molecular weight excluding hydrogens is 424 g/mol. The molecule has 0 amide bonds. The maximum absolute atomic E-state index is 12.0. The van der Waals surface area contributed by atoms with Gasteiger partial charge >= 0.3 is 5.97 Å². The van der Waals surface area contributed by atoms with Crippen molar-refractivity contribution in [3.63, 3.8) is 0 Å². The molecule has 0 aliphatic carbocycles. The zero-order chi connectivity index (χ0) is 24.2. The Morgan fingerprint density at radius 1 is 0.794 bits per heavy atom. The maximum atomic E-state index is 12.0. The van der Waals surface area contributed by atoms with Gasteiger partial charge in [-0.2, -0.15) is 0 Å². The first-order valence-electron chi connectivity index (χ1n) is 12.5. The molecule has 0 spiro atoms. The molecule has 0 N–H and O–H groups in total. The van der Waals surface area contributed by atoms with Gasteiger partial charge in [0.2, 0.25) is 0 Å². The summed E-state index contributed by atoms with van der Waals surface area (Å²) in [6.07, 6.45) is 11.1. The van der Waals surface area contributed by atoms with Gasteiger partial charge in [-0.1, -0.05) is 75.9 Å². The van der Waals surface area contributed by atoms with Crippen LogP contribution < -0.4 is 4.74 Å². The quantitative estimate of drug-likeness (QED) is 0.202. The summed E-state index contributed by atoms with van der Waals surface area (Å²) in [4.78, 5) is 21.1. The van der Waals surface area contributed by atoms with Gasteiger partial charge in [-0.05, 0) is 49.4 Å². The molecule has 0 bridgehead atoms. The van der Waals surface area contributed by atoms with E-state index >= 15 is 0 Å². The SMILES string of the molecule is CCCCCCc1ccc(-c2ncc(-c3ccc(OC(C)C(=O)OCCCC)cc3)cn2)cc1. The van der Waals surface area contributed by atoms with Gasteiger partial charge in [0, 0.05) is 23.5 Å². The van der Waals surface area contributed by atoms with Crippen molar-refractivity contribution < 1.29 is 14.3 Å². The van der Waals surface area contributed by atoms with Crippen LogP contribution in [0.2, 0.25) is 0 Å². The van der Waals surface area contributed by atoms with Crippen LogP contribution in [-0.4, -0.2) is 28.6 Å². The minimum absolute atomic E-state index is 0.342. The minimum atomic E-state index is -0.645. The van der Waals surface area contributed by atoms with Crippen molar-refractivity contribution >= 4 is 5.97 Å². The molecule has 3 rings (SSSR count). The van der Waals surface area contributed by atoms with E-state index in [2.05, 4.69) is 48.1 Å². The highest BCUT2D eigenvalue weighted by Crippen LogP contribution is 2.24. The van der Waals surface area contributed by atoms with E-state index in [1.54, 1.807) is 6.92 Å². The van der Waals surface area contributed by atoms with Crippen LogP contribution in [0.5, 0.6) is 5.75 Å². The summed E-state index contributed by atoms with van der Waals surface area (Å²) >= 11 is 0. The average Bonchev–Trinajstić information content (AvgIpc) is 2.88. The highest BCUT2D eigenvalue weighted by molar-refractivity contribution is 5.74. The summed E-state index contributed by atoms with van der Waals surface area (Å²) in [5.41, 5.74) is 4.30. The van der Waals surface area contributed by atoms with E-state index < -0.39 is 6.10 Å². The third-order valence-corrected chi connectivity index (χ3v) is 5.76. The lowest BCUT2D eigenvalue weighted by Crippen LogP contribution is -2.26. The second-order valence-corrected chi connectivity index (χ2v) is 8.61. The molecule has 2 aromatic carbocycles. The number of benzene rings is 2. The number of hydrogen-bond donors (Lipinski definition) is 0. The summed E-state index contributed by atoms with van der Waals surface area (Å²) in [7, 11) is 0. The fourth-order valence-corrected chi connectivity index (χ4v) is 3.62. The highest BCUT2D eigenvalue weighted by Gasteiger charge is 2.16. The minimum Gasteiger partial charge on any atom is -0.479 e. The first-order valence-corrected chi connectivity index (χ1v) is 12.5. The Morgan fingerprint density at radius 3 is 2.09 bits per heavy atom. The van der Waals surface area contributed by atoms with Crippen LogP contribution in [0.4, 0.5) is 0 Å². The molecule has 1 unspecified atom stereocenters. The fourth-order valence-electron chi connectivity index (χ4n) is 3.62. The molecule has 34 heavy (non-hydrogen) atoms. The van der Waals surface area contributed by atoms with Crippen molar-refractivity contribution in [3.8, 4) is 28.3 Å². The van der Waals surface area contributed by atoms with E-state index in [1.807, 2.05) is 36.7 Å². The lowest BCUT2D eigenvalue weighted by molar-refractivity contribution is -0.151. The summed E-state index contributed by atoms with van der Waals surface area (Å²) < 4.78 is 10.9. The van der Waals surface area contributed by atoms with Crippen LogP contribution in [0.1, 0.15) is 64.9 Å². The third-order valence-electron chi connectivity index (χ3n) is 5.76. The summed E-state index contributed by atoms with van der Waals surface area (Å²) in [6, 6.07) is 16.1. The largest absolute Gasteiger partial charge is 0.479 e. The van der Waals surface area contributed by atoms with Gasteiger partial charge in [-0.15, -0.1) is 0 Å². The van der Waals surface area contributed by atoms with Crippen molar-refractivity contribution in [2.45, 2.75) is 71.8 Å². The lowest BCUT2D eigenvalue weighted by atomic mass is 10.0. The number of aromatic nitrogens is 2. The van der Waals surface area contributed by atoms with Crippen LogP contribution in [0.15, 0.2) is 60.9 Å². The van der Waals surface area contributed by atoms with Crippen molar-refractivity contribution in [1.29, 1.82) is 0 Å². The molecule has 0 aliphatic heterocycles. The molecule has 0 radical (unpaired) electrons. The third kappa shape index (κ3) is 7.68. The molecule has 0 fully saturated rings. The molecule has 1 heterocycles. The van der Waals surface area contributed by atoms with Gasteiger partial charge < -0.3 is 9.47 Å². The first-order chi connectivity index (χ1) is 16.6. The number of unbranched alkanes of at least 4 members (excludes halogenated alkanes) is 4. The van der Waals surface area contributed by atoms with E-state index in [1.165, 1.54) is 31.2 Å². The Labute approximate surface area is 203 Å². The number of nitrogens with zero attached hydrogens (tertiary/aromatic N) is 2. The van der Waals surface area contributed by atoms with Crippen LogP contribution in [-0.2, 0) is 16.0 Å². The van der Waals surface area contributed by atoms with Gasteiger partial charge in [-0.25, -0.2) is 14.8 Å². The second-order valence-electron chi connectivity index (χ2n) is 8.61. The number of esters is 1. The molecule has 0 saturated carbocycles. The number of rotatable bonds is 13. The maximum Gasteiger partial charge on any atom is 0.347 e. The average molecular weight is 461 g/mol. The Balaban J connectivity index is 1.55. The topological polar surface area (TPSA) is 61.3 Å². The zero-order valence-corrected chi connectivity index (χ0v) is 20.6. The number of hydrogen-bond acceptors (Lipinski definition) is 5. The van der Waals surface area contributed by atoms with E-state index in [4.69, 9.17) is 9.47 Å².